The van der Waals surface area contributed by atoms with Gasteiger partial charge in [-0.25, -0.2) is 4.79 Å². The number of amides is 1. The molecule has 136 valence electrons. The van der Waals surface area contributed by atoms with Gasteiger partial charge in [-0.15, -0.1) is 0 Å². The van der Waals surface area contributed by atoms with Crippen LogP contribution >= 0.6 is 15.9 Å². The van der Waals surface area contributed by atoms with Crippen LogP contribution in [-0.2, 0) is 17.9 Å². The largest absolute Gasteiger partial charge is 0.495 e. The van der Waals surface area contributed by atoms with Crippen LogP contribution in [0.4, 0.5) is 5.69 Å². The zero-order chi connectivity index (χ0) is 18.7. The van der Waals surface area contributed by atoms with E-state index < -0.39 is 0 Å². The van der Waals surface area contributed by atoms with Crippen molar-refractivity contribution < 1.29 is 9.53 Å². The van der Waals surface area contributed by atoms with Crippen LogP contribution in [0.5, 0.6) is 5.75 Å². The lowest BCUT2D eigenvalue weighted by Gasteiger charge is -2.11. The molecule has 6 nitrogen and oxygen atoms in total. The highest BCUT2D eigenvalue weighted by Crippen LogP contribution is 2.28. The van der Waals surface area contributed by atoms with Crippen LogP contribution in [-0.4, -0.2) is 22.2 Å². The molecule has 26 heavy (non-hydrogen) atoms. The summed E-state index contributed by atoms with van der Waals surface area (Å²) in [5.41, 5.74) is 2.22. The third-order valence-corrected chi connectivity index (χ3v) is 4.73. The molecular weight excluding hydrogens is 398 g/mol. The molecule has 0 unspecified atom stereocenters. The summed E-state index contributed by atoms with van der Waals surface area (Å²) in [6.07, 6.45) is 0.188. The number of fused-ring (bicyclic) bond motifs is 1. The van der Waals surface area contributed by atoms with Crippen molar-refractivity contribution >= 4 is 38.6 Å². The molecule has 0 radical (unpaired) electrons. The summed E-state index contributed by atoms with van der Waals surface area (Å²) in [5.74, 6) is 0.405. The van der Waals surface area contributed by atoms with E-state index >= 15 is 0 Å². The van der Waals surface area contributed by atoms with Crippen molar-refractivity contribution in [2.24, 2.45) is 0 Å². The van der Waals surface area contributed by atoms with Gasteiger partial charge in [-0.3, -0.25) is 13.9 Å². The number of carbonyl (C=O) groups excluding carboxylic acids is 1. The number of benzene rings is 2. The van der Waals surface area contributed by atoms with E-state index in [1.54, 1.807) is 28.4 Å². The van der Waals surface area contributed by atoms with Crippen LogP contribution in [0.3, 0.4) is 0 Å². The van der Waals surface area contributed by atoms with E-state index in [0.29, 0.717) is 24.5 Å². The maximum Gasteiger partial charge on any atom is 0.329 e. The molecule has 3 rings (SSSR count). The number of ether oxygens (including phenoxy) is 1. The van der Waals surface area contributed by atoms with Crippen molar-refractivity contribution in [3.8, 4) is 5.75 Å². The smallest absolute Gasteiger partial charge is 0.329 e. The van der Waals surface area contributed by atoms with E-state index in [9.17, 15) is 9.59 Å². The molecule has 0 saturated heterocycles. The first kappa shape index (κ1) is 18.3. The molecule has 0 aliphatic rings. The van der Waals surface area contributed by atoms with Gasteiger partial charge in [0.2, 0.25) is 5.91 Å². The number of rotatable bonds is 6. The van der Waals surface area contributed by atoms with Crippen molar-refractivity contribution in [2.45, 2.75) is 26.4 Å². The SMILES string of the molecule is CCn1c(=O)n(CCC(=O)Nc2cc(Br)ccc2OC)c2ccccc21. The molecule has 0 aliphatic heterocycles. The third kappa shape index (κ3) is 3.53. The molecule has 3 aromatic rings. The van der Waals surface area contributed by atoms with Gasteiger partial charge in [-0.05, 0) is 37.3 Å². The zero-order valence-corrected chi connectivity index (χ0v) is 16.2. The molecule has 0 saturated carbocycles. The van der Waals surface area contributed by atoms with E-state index in [1.165, 1.54) is 0 Å². The lowest BCUT2D eigenvalue weighted by Crippen LogP contribution is -2.25. The van der Waals surface area contributed by atoms with E-state index in [2.05, 4.69) is 21.2 Å². The Hall–Kier alpha value is -2.54. The van der Waals surface area contributed by atoms with Gasteiger partial charge in [-0.2, -0.15) is 0 Å². The zero-order valence-electron chi connectivity index (χ0n) is 14.7. The average Bonchev–Trinajstić information content (AvgIpc) is 2.91. The Bertz CT molecular complexity index is 1010. The van der Waals surface area contributed by atoms with Crippen LogP contribution in [0.1, 0.15) is 13.3 Å². The third-order valence-electron chi connectivity index (χ3n) is 4.24. The molecule has 0 atom stereocenters. The fraction of sp³-hybridized carbons (Fsp3) is 0.263. The molecule has 1 heterocycles. The number of nitrogens with zero attached hydrogens (tertiary/aromatic N) is 2. The summed E-state index contributed by atoms with van der Waals surface area (Å²) in [4.78, 5) is 25.0. The second kappa shape index (κ2) is 7.78. The predicted octanol–water partition coefficient (Wildman–Crippen LogP) is 3.62. The Kier molecular flexibility index (Phi) is 5.46. The second-order valence-corrected chi connectivity index (χ2v) is 6.73. The van der Waals surface area contributed by atoms with E-state index in [0.717, 1.165) is 15.5 Å². The van der Waals surface area contributed by atoms with E-state index in [-0.39, 0.29) is 18.0 Å². The molecule has 7 heteroatoms. The monoisotopic (exact) mass is 417 g/mol. The number of para-hydroxylation sites is 2. The lowest BCUT2D eigenvalue weighted by molar-refractivity contribution is -0.116. The molecule has 0 fully saturated rings. The molecule has 1 N–H and O–H groups in total. The summed E-state index contributed by atoms with van der Waals surface area (Å²) < 4.78 is 9.47. The van der Waals surface area contributed by atoms with Crippen LogP contribution in [0.15, 0.2) is 51.7 Å². The number of methoxy groups -OCH3 is 1. The minimum atomic E-state index is -0.179. The molecular formula is C19H20BrN3O3. The fourth-order valence-electron chi connectivity index (χ4n) is 3.00. The molecule has 1 amide bonds. The van der Waals surface area contributed by atoms with Crippen LogP contribution in [0, 0.1) is 0 Å². The summed E-state index contributed by atoms with van der Waals surface area (Å²) in [7, 11) is 1.55. The van der Waals surface area contributed by atoms with Gasteiger partial charge in [0.05, 0.1) is 23.8 Å². The molecule has 2 aromatic carbocycles. The average molecular weight is 418 g/mol. The van der Waals surface area contributed by atoms with Crippen molar-refractivity contribution in [1.82, 2.24) is 9.13 Å². The van der Waals surface area contributed by atoms with Gasteiger partial charge in [0.1, 0.15) is 5.75 Å². The number of halogens is 1. The summed E-state index contributed by atoms with van der Waals surface area (Å²) in [6, 6.07) is 13.0. The predicted molar refractivity (Wildman–Crippen MR) is 106 cm³/mol. The number of anilines is 1. The Balaban J connectivity index is 1.79. The highest BCUT2D eigenvalue weighted by atomic mass is 79.9. The number of carbonyl (C=O) groups is 1. The van der Waals surface area contributed by atoms with Gasteiger partial charge in [0.15, 0.2) is 0 Å². The molecule has 0 bridgehead atoms. The van der Waals surface area contributed by atoms with Crippen molar-refractivity contribution in [3.63, 3.8) is 0 Å². The first-order chi connectivity index (χ1) is 12.5. The van der Waals surface area contributed by atoms with Gasteiger partial charge < -0.3 is 10.1 Å². The van der Waals surface area contributed by atoms with Crippen molar-refractivity contribution in [3.05, 3.63) is 57.4 Å². The van der Waals surface area contributed by atoms with Gasteiger partial charge in [0, 0.05) is 24.0 Å². The highest BCUT2D eigenvalue weighted by Gasteiger charge is 2.14. The van der Waals surface area contributed by atoms with E-state index in [1.807, 2.05) is 37.3 Å². The summed E-state index contributed by atoms with van der Waals surface area (Å²) in [6.45, 7) is 2.84. The number of hydrogen-bond donors (Lipinski definition) is 1. The number of aryl methyl sites for hydroxylation is 2. The Labute approximate surface area is 159 Å². The minimum absolute atomic E-state index is 0.0958. The fourth-order valence-corrected chi connectivity index (χ4v) is 3.36. The van der Waals surface area contributed by atoms with Gasteiger partial charge in [0.25, 0.3) is 0 Å². The van der Waals surface area contributed by atoms with Crippen LogP contribution < -0.4 is 15.7 Å². The summed E-state index contributed by atoms with van der Waals surface area (Å²) >= 11 is 3.38. The Morgan fingerprint density at radius 3 is 2.50 bits per heavy atom. The Morgan fingerprint density at radius 1 is 1.15 bits per heavy atom. The maximum atomic E-state index is 12.6. The maximum absolute atomic E-state index is 12.6. The Morgan fingerprint density at radius 2 is 1.85 bits per heavy atom. The van der Waals surface area contributed by atoms with Gasteiger partial charge in [-0.1, -0.05) is 28.1 Å². The molecule has 0 spiro atoms. The van der Waals surface area contributed by atoms with E-state index in [4.69, 9.17) is 4.74 Å². The molecule has 0 aliphatic carbocycles. The quantitative estimate of drug-likeness (QED) is 0.665. The number of hydrogen-bond acceptors (Lipinski definition) is 3. The van der Waals surface area contributed by atoms with Gasteiger partial charge >= 0.3 is 5.69 Å². The number of aromatic nitrogens is 2. The number of imidazole rings is 1. The normalized spacial score (nSPS) is 10.9. The molecule has 1 aromatic heterocycles. The number of nitrogens with one attached hydrogen (secondary N) is 1. The lowest BCUT2D eigenvalue weighted by atomic mass is 10.2. The van der Waals surface area contributed by atoms with Crippen molar-refractivity contribution in [1.29, 1.82) is 0 Å². The summed E-state index contributed by atoms with van der Waals surface area (Å²) in [5, 5.41) is 2.84. The standard InChI is InChI=1S/C19H20BrN3O3/c1-3-22-15-6-4-5-7-16(15)23(19(22)25)11-10-18(24)21-14-12-13(20)8-9-17(14)26-2/h4-9,12H,3,10-11H2,1-2H3,(H,21,24). The second-order valence-electron chi connectivity index (χ2n) is 5.81. The minimum Gasteiger partial charge on any atom is -0.495 e. The van der Waals surface area contributed by atoms with Crippen molar-refractivity contribution in [2.75, 3.05) is 12.4 Å². The first-order valence-electron chi connectivity index (χ1n) is 8.36. The van der Waals surface area contributed by atoms with Crippen LogP contribution in [0.2, 0.25) is 0 Å². The topological polar surface area (TPSA) is 65.3 Å². The highest BCUT2D eigenvalue weighted by molar-refractivity contribution is 9.10. The first-order valence-corrected chi connectivity index (χ1v) is 9.16. The van der Waals surface area contributed by atoms with Crippen LogP contribution in [0.25, 0.3) is 11.0 Å².